The summed E-state index contributed by atoms with van der Waals surface area (Å²) in [7, 11) is 0. The van der Waals surface area contributed by atoms with Gasteiger partial charge in [-0.1, -0.05) is 24.3 Å². The SMILES string of the molecule is Cc1ccc(NCc2ccccc2C(=O)O)cc1C. The zero-order valence-corrected chi connectivity index (χ0v) is 11.1. The summed E-state index contributed by atoms with van der Waals surface area (Å²) in [5.41, 5.74) is 4.60. The third kappa shape index (κ3) is 3.13. The van der Waals surface area contributed by atoms with Crippen molar-refractivity contribution in [2.24, 2.45) is 0 Å². The molecule has 2 N–H and O–H groups in total. The summed E-state index contributed by atoms with van der Waals surface area (Å²) in [4.78, 5) is 11.1. The van der Waals surface area contributed by atoms with Gasteiger partial charge in [-0.25, -0.2) is 4.79 Å². The summed E-state index contributed by atoms with van der Waals surface area (Å²) in [5, 5.41) is 12.4. The van der Waals surface area contributed by atoms with Crippen molar-refractivity contribution in [2.75, 3.05) is 5.32 Å². The molecule has 0 unspecified atom stereocenters. The van der Waals surface area contributed by atoms with Crippen molar-refractivity contribution < 1.29 is 9.90 Å². The van der Waals surface area contributed by atoms with Gasteiger partial charge in [0.2, 0.25) is 0 Å². The Kier molecular flexibility index (Phi) is 3.85. The van der Waals surface area contributed by atoms with Crippen LogP contribution in [0.15, 0.2) is 42.5 Å². The molecule has 0 radical (unpaired) electrons. The van der Waals surface area contributed by atoms with Crippen molar-refractivity contribution in [3.8, 4) is 0 Å². The molecule has 2 rings (SSSR count). The average molecular weight is 255 g/mol. The predicted molar refractivity (Wildman–Crippen MR) is 76.6 cm³/mol. The van der Waals surface area contributed by atoms with E-state index in [0.717, 1.165) is 11.3 Å². The molecule has 98 valence electrons. The zero-order valence-electron chi connectivity index (χ0n) is 11.1. The normalized spacial score (nSPS) is 10.2. The zero-order chi connectivity index (χ0) is 13.8. The van der Waals surface area contributed by atoms with Gasteiger partial charge in [-0.3, -0.25) is 0 Å². The lowest BCUT2D eigenvalue weighted by Gasteiger charge is -2.10. The maximum Gasteiger partial charge on any atom is 0.336 e. The fourth-order valence-corrected chi connectivity index (χ4v) is 1.93. The molecular formula is C16H17NO2. The Hall–Kier alpha value is -2.29. The van der Waals surface area contributed by atoms with Gasteiger partial charge in [0.15, 0.2) is 0 Å². The van der Waals surface area contributed by atoms with Crippen LogP contribution >= 0.6 is 0 Å². The van der Waals surface area contributed by atoms with Crippen molar-refractivity contribution in [2.45, 2.75) is 20.4 Å². The number of benzene rings is 2. The molecule has 0 fully saturated rings. The summed E-state index contributed by atoms with van der Waals surface area (Å²) in [6, 6.07) is 13.2. The van der Waals surface area contributed by atoms with Crippen molar-refractivity contribution in [1.82, 2.24) is 0 Å². The second-order valence-corrected chi connectivity index (χ2v) is 4.61. The van der Waals surface area contributed by atoms with Gasteiger partial charge in [-0.2, -0.15) is 0 Å². The van der Waals surface area contributed by atoms with E-state index in [1.807, 2.05) is 18.2 Å². The van der Waals surface area contributed by atoms with Crippen LogP contribution in [0.1, 0.15) is 27.0 Å². The van der Waals surface area contributed by atoms with Crippen molar-refractivity contribution >= 4 is 11.7 Å². The lowest BCUT2D eigenvalue weighted by Crippen LogP contribution is -2.07. The number of anilines is 1. The summed E-state index contributed by atoms with van der Waals surface area (Å²) >= 11 is 0. The largest absolute Gasteiger partial charge is 0.478 e. The molecule has 0 bridgehead atoms. The molecular weight excluding hydrogens is 238 g/mol. The highest BCUT2D eigenvalue weighted by molar-refractivity contribution is 5.89. The monoisotopic (exact) mass is 255 g/mol. The number of carboxylic acid groups (broad SMARTS) is 1. The maximum absolute atomic E-state index is 11.1. The third-order valence-corrected chi connectivity index (χ3v) is 3.24. The van der Waals surface area contributed by atoms with Gasteiger partial charge >= 0.3 is 5.97 Å². The van der Waals surface area contributed by atoms with Crippen LogP contribution in [0.2, 0.25) is 0 Å². The topological polar surface area (TPSA) is 49.3 Å². The minimum absolute atomic E-state index is 0.346. The number of rotatable bonds is 4. The Balaban J connectivity index is 2.14. The molecule has 19 heavy (non-hydrogen) atoms. The lowest BCUT2D eigenvalue weighted by molar-refractivity contribution is 0.0696. The highest BCUT2D eigenvalue weighted by atomic mass is 16.4. The predicted octanol–water partition coefficient (Wildman–Crippen LogP) is 3.61. The molecule has 0 aliphatic carbocycles. The summed E-state index contributed by atoms with van der Waals surface area (Å²) in [5.74, 6) is -0.891. The van der Waals surface area contributed by atoms with Crippen molar-refractivity contribution in [3.63, 3.8) is 0 Å². The first kappa shape index (κ1) is 13.1. The number of hydrogen-bond acceptors (Lipinski definition) is 2. The van der Waals surface area contributed by atoms with Gasteiger partial charge < -0.3 is 10.4 Å². The average Bonchev–Trinajstić information content (AvgIpc) is 2.40. The molecule has 0 spiro atoms. The Bertz CT molecular complexity index is 605. The van der Waals surface area contributed by atoms with E-state index in [0.29, 0.717) is 12.1 Å². The number of nitrogens with one attached hydrogen (secondary N) is 1. The van der Waals surface area contributed by atoms with Crippen molar-refractivity contribution in [3.05, 3.63) is 64.7 Å². The second-order valence-electron chi connectivity index (χ2n) is 4.61. The third-order valence-electron chi connectivity index (χ3n) is 3.24. The van der Waals surface area contributed by atoms with Crippen LogP contribution in [-0.4, -0.2) is 11.1 Å². The number of carbonyl (C=O) groups is 1. The maximum atomic E-state index is 11.1. The molecule has 0 aliphatic heterocycles. The van der Waals surface area contributed by atoms with Gasteiger partial charge in [0.05, 0.1) is 5.56 Å². The van der Waals surface area contributed by atoms with E-state index in [4.69, 9.17) is 5.11 Å². The van der Waals surface area contributed by atoms with Crippen LogP contribution in [-0.2, 0) is 6.54 Å². The molecule has 2 aromatic rings. The Morgan fingerprint density at radius 2 is 1.84 bits per heavy atom. The minimum atomic E-state index is -0.891. The van der Waals surface area contributed by atoms with Gasteiger partial charge in [-0.15, -0.1) is 0 Å². The number of aromatic carboxylic acids is 1. The van der Waals surface area contributed by atoms with Crippen LogP contribution in [0.25, 0.3) is 0 Å². The first-order chi connectivity index (χ1) is 9.08. The van der Waals surface area contributed by atoms with E-state index in [2.05, 4.69) is 31.3 Å². The van der Waals surface area contributed by atoms with Gasteiger partial charge in [0.25, 0.3) is 0 Å². The van der Waals surface area contributed by atoms with E-state index in [1.165, 1.54) is 11.1 Å². The van der Waals surface area contributed by atoms with Gasteiger partial charge in [0, 0.05) is 12.2 Å². The molecule has 0 amide bonds. The standard InChI is InChI=1S/C16H17NO2/c1-11-7-8-14(9-12(11)2)17-10-13-5-3-4-6-15(13)16(18)19/h3-9,17H,10H2,1-2H3,(H,18,19). The highest BCUT2D eigenvalue weighted by Gasteiger charge is 2.08. The number of aryl methyl sites for hydroxylation is 2. The van der Waals surface area contributed by atoms with Crippen LogP contribution in [0.5, 0.6) is 0 Å². The van der Waals surface area contributed by atoms with E-state index in [9.17, 15) is 4.79 Å². The molecule has 0 saturated carbocycles. The Morgan fingerprint density at radius 3 is 2.53 bits per heavy atom. The van der Waals surface area contributed by atoms with E-state index in [-0.39, 0.29) is 0 Å². The fourth-order valence-electron chi connectivity index (χ4n) is 1.93. The lowest BCUT2D eigenvalue weighted by atomic mass is 10.1. The summed E-state index contributed by atoms with van der Waals surface area (Å²) in [6.45, 7) is 4.63. The smallest absolute Gasteiger partial charge is 0.336 e. The molecule has 0 aliphatic rings. The molecule has 0 aromatic heterocycles. The molecule has 3 nitrogen and oxygen atoms in total. The summed E-state index contributed by atoms with van der Waals surface area (Å²) < 4.78 is 0. The first-order valence-corrected chi connectivity index (χ1v) is 6.20. The summed E-state index contributed by atoms with van der Waals surface area (Å²) in [6.07, 6.45) is 0. The van der Waals surface area contributed by atoms with Gasteiger partial charge in [0.1, 0.15) is 0 Å². The van der Waals surface area contributed by atoms with Gasteiger partial charge in [-0.05, 0) is 48.7 Å². The minimum Gasteiger partial charge on any atom is -0.478 e. The van der Waals surface area contributed by atoms with Crippen molar-refractivity contribution in [1.29, 1.82) is 0 Å². The molecule has 3 heteroatoms. The van der Waals surface area contributed by atoms with Crippen LogP contribution in [0.4, 0.5) is 5.69 Å². The quantitative estimate of drug-likeness (QED) is 0.877. The Morgan fingerprint density at radius 1 is 1.11 bits per heavy atom. The van der Waals surface area contributed by atoms with E-state index < -0.39 is 5.97 Å². The number of hydrogen-bond donors (Lipinski definition) is 2. The molecule has 0 heterocycles. The molecule has 0 atom stereocenters. The van der Waals surface area contributed by atoms with Crippen LogP contribution < -0.4 is 5.32 Å². The number of carboxylic acids is 1. The first-order valence-electron chi connectivity index (χ1n) is 6.20. The van der Waals surface area contributed by atoms with Crippen LogP contribution in [0.3, 0.4) is 0 Å². The fraction of sp³-hybridized carbons (Fsp3) is 0.188. The molecule has 0 saturated heterocycles. The van der Waals surface area contributed by atoms with E-state index in [1.54, 1.807) is 12.1 Å². The second kappa shape index (κ2) is 5.57. The van der Waals surface area contributed by atoms with E-state index >= 15 is 0 Å². The highest BCUT2D eigenvalue weighted by Crippen LogP contribution is 2.16. The molecule has 2 aromatic carbocycles. The Labute approximate surface area is 112 Å². The van der Waals surface area contributed by atoms with Crippen LogP contribution in [0, 0.1) is 13.8 Å².